The molecule has 0 saturated heterocycles. The van der Waals surface area contributed by atoms with E-state index < -0.39 is 0 Å². The lowest BCUT2D eigenvalue weighted by atomic mass is 10.2. The van der Waals surface area contributed by atoms with Gasteiger partial charge in [-0.25, -0.2) is 0 Å². The van der Waals surface area contributed by atoms with Gasteiger partial charge in [0.15, 0.2) is 0 Å². The van der Waals surface area contributed by atoms with E-state index in [4.69, 9.17) is 0 Å². The first-order chi connectivity index (χ1) is 7.83. The molecule has 0 aliphatic rings. The third kappa shape index (κ3) is 5.02. The number of benzene rings is 1. The summed E-state index contributed by atoms with van der Waals surface area (Å²) in [4.78, 5) is 11.2. The van der Waals surface area contributed by atoms with Crippen LogP contribution in [-0.2, 0) is 4.79 Å². The number of carbonyl (C=O) groups excluding carboxylic acids is 1. The average Bonchev–Trinajstić information content (AvgIpc) is 2.33. The van der Waals surface area contributed by atoms with Crippen molar-refractivity contribution in [3.05, 3.63) is 48.6 Å². The lowest BCUT2D eigenvalue weighted by molar-refractivity contribution is -0.120. The van der Waals surface area contributed by atoms with E-state index >= 15 is 0 Å². The zero-order chi connectivity index (χ0) is 11.6. The van der Waals surface area contributed by atoms with Crippen LogP contribution in [0.4, 0.5) is 0 Å². The monoisotopic (exact) mass is 213 g/mol. The van der Waals surface area contributed by atoms with E-state index in [1.165, 1.54) is 0 Å². The van der Waals surface area contributed by atoms with E-state index in [1.54, 1.807) is 6.08 Å². The molecule has 0 aromatic heterocycles. The molecule has 0 unspecified atom stereocenters. The summed E-state index contributed by atoms with van der Waals surface area (Å²) >= 11 is 0. The third-order valence-corrected chi connectivity index (χ3v) is 1.93. The smallest absolute Gasteiger partial charge is 0.221 e. The minimum absolute atomic E-state index is 0.0160. The topological polar surface area (TPSA) is 29.1 Å². The standard InChI is InChI=1S/C14H15NO/c1-2-12-15-14(16)11-7-6-10-13-8-4-3-5-9-13/h2-5,8-9H,1,7,11-12H2,(H,15,16). The van der Waals surface area contributed by atoms with Crippen molar-refractivity contribution in [1.82, 2.24) is 5.32 Å². The fraction of sp³-hybridized carbons (Fsp3) is 0.214. The van der Waals surface area contributed by atoms with Gasteiger partial charge < -0.3 is 5.32 Å². The Balaban J connectivity index is 2.28. The molecule has 0 fully saturated rings. The van der Waals surface area contributed by atoms with E-state index in [9.17, 15) is 4.79 Å². The number of carbonyl (C=O) groups is 1. The second-order valence-corrected chi connectivity index (χ2v) is 3.26. The summed E-state index contributed by atoms with van der Waals surface area (Å²) in [6.45, 7) is 4.04. The van der Waals surface area contributed by atoms with E-state index in [0.717, 1.165) is 5.56 Å². The van der Waals surface area contributed by atoms with Gasteiger partial charge in [0.1, 0.15) is 0 Å². The van der Waals surface area contributed by atoms with Gasteiger partial charge in [0.05, 0.1) is 0 Å². The van der Waals surface area contributed by atoms with Gasteiger partial charge in [-0.15, -0.1) is 6.58 Å². The Morgan fingerprint density at radius 3 is 2.81 bits per heavy atom. The van der Waals surface area contributed by atoms with Gasteiger partial charge in [-0.05, 0) is 12.1 Å². The third-order valence-electron chi connectivity index (χ3n) is 1.93. The summed E-state index contributed by atoms with van der Waals surface area (Å²) < 4.78 is 0. The molecule has 0 aliphatic carbocycles. The summed E-state index contributed by atoms with van der Waals surface area (Å²) in [6, 6.07) is 9.74. The fourth-order valence-corrected chi connectivity index (χ4v) is 1.14. The quantitative estimate of drug-likeness (QED) is 0.602. The van der Waals surface area contributed by atoms with Gasteiger partial charge in [0, 0.05) is 24.9 Å². The molecule has 0 radical (unpaired) electrons. The van der Waals surface area contributed by atoms with Crippen molar-refractivity contribution in [3.8, 4) is 11.8 Å². The Hall–Kier alpha value is -2.01. The first-order valence-corrected chi connectivity index (χ1v) is 5.24. The predicted octanol–water partition coefficient (Wildman–Crippen LogP) is 2.12. The molecule has 1 aromatic carbocycles. The van der Waals surface area contributed by atoms with Crippen molar-refractivity contribution in [1.29, 1.82) is 0 Å². The minimum atomic E-state index is 0.0160. The molecule has 0 heterocycles. The highest BCUT2D eigenvalue weighted by Crippen LogP contribution is 1.95. The molecule has 0 bridgehead atoms. The lowest BCUT2D eigenvalue weighted by Crippen LogP contribution is -2.22. The SMILES string of the molecule is C=CCNC(=O)CCC#Cc1ccccc1. The second-order valence-electron chi connectivity index (χ2n) is 3.26. The highest BCUT2D eigenvalue weighted by Gasteiger charge is 1.95. The first kappa shape index (κ1) is 12.1. The number of hydrogen-bond donors (Lipinski definition) is 1. The highest BCUT2D eigenvalue weighted by molar-refractivity contribution is 5.76. The molecule has 1 N–H and O–H groups in total. The largest absolute Gasteiger partial charge is 0.353 e. The summed E-state index contributed by atoms with van der Waals surface area (Å²) in [5.74, 6) is 5.99. The minimum Gasteiger partial charge on any atom is -0.353 e. The van der Waals surface area contributed by atoms with Gasteiger partial charge in [0.25, 0.3) is 0 Å². The van der Waals surface area contributed by atoms with E-state index in [2.05, 4.69) is 23.7 Å². The Morgan fingerprint density at radius 1 is 1.38 bits per heavy atom. The molecule has 2 nitrogen and oxygen atoms in total. The molecule has 0 atom stereocenters. The van der Waals surface area contributed by atoms with Crippen LogP contribution in [0.15, 0.2) is 43.0 Å². The van der Waals surface area contributed by atoms with Crippen molar-refractivity contribution in [2.45, 2.75) is 12.8 Å². The van der Waals surface area contributed by atoms with Gasteiger partial charge in [-0.1, -0.05) is 36.1 Å². The molecule has 1 rings (SSSR count). The molecule has 1 aromatic rings. The average molecular weight is 213 g/mol. The van der Waals surface area contributed by atoms with Crippen molar-refractivity contribution in [2.24, 2.45) is 0 Å². The maximum Gasteiger partial charge on any atom is 0.221 e. The molecular formula is C14H15NO. The van der Waals surface area contributed by atoms with E-state index in [0.29, 0.717) is 19.4 Å². The zero-order valence-corrected chi connectivity index (χ0v) is 9.20. The number of nitrogens with one attached hydrogen (secondary N) is 1. The van der Waals surface area contributed by atoms with E-state index in [-0.39, 0.29) is 5.91 Å². The van der Waals surface area contributed by atoms with Crippen LogP contribution < -0.4 is 5.32 Å². The molecule has 2 heteroatoms. The van der Waals surface area contributed by atoms with Crippen molar-refractivity contribution >= 4 is 5.91 Å². The summed E-state index contributed by atoms with van der Waals surface area (Å²) in [6.07, 6.45) is 2.68. The zero-order valence-electron chi connectivity index (χ0n) is 9.20. The summed E-state index contributed by atoms with van der Waals surface area (Å²) in [7, 11) is 0. The van der Waals surface area contributed by atoms with Crippen LogP contribution in [0.1, 0.15) is 18.4 Å². The van der Waals surface area contributed by atoms with Gasteiger partial charge in [-0.3, -0.25) is 4.79 Å². The molecule has 0 spiro atoms. The van der Waals surface area contributed by atoms with Crippen LogP contribution in [0.5, 0.6) is 0 Å². The fourth-order valence-electron chi connectivity index (χ4n) is 1.14. The van der Waals surface area contributed by atoms with Crippen LogP contribution in [-0.4, -0.2) is 12.5 Å². The van der Waals surface area contributed by atoms with Gasteiger partial charge >= 0.3 is 0 Å². The number of amides is 1. The van der Waals surface area contributed by atoms with Crippen LogP contribution in [0.2, 0.25) is 0 Å². The number of hydrogen-bond acceptors (Lipinski definition) is 1. The normalized spacial score (nSPS) is 8.75. The molecular weight excluding hydrogens is 198 g/mol. The Kier molecular flexibility index (Phi) is 5.51. The lowest BCUT2D eigenvalue weighted by Gasteiger charge is -1.97. The maximum atomic E-state index is 11.2. The summed E-state index contributed by atoms with van der Waals surface area (Å²) in [5.41, 5.74) is 0.981. The molecule has 0 aliphatic heterocycles. The van der Waals surface area contributed by atoms with E-state index in [1.807, 2.05) is 30.3 Å². The summed E-state index contributed by atoms with van der Waals surface area (Å²) in [5, 5.41) is 2.71. The molecule has 0 saturated carbocycles. The molecule has 16 heavy (non-hydrogen) atoms. The second kappa shape index (κ2) is 7.30. The van der Waals surface area contributed by atoms with Crippen molar-refractivity contribution in [3.63, 3.8) is 0 Å². The van der Waals surface area contributed by atoms with Crippen LogP contribution in [0.3, 0.4) is 0 Å². The Morgan fingerprint density at radius 2 is 2.12 bits per heavy atom. The van der Waals surface area contributed by atoms with Crippen molar-refractivity contribution < 1.29 is 4.79 Å². The van der Waals surface area contributed by atoms with Crippen LogP contribution in [0, 0.1) is 11.8 Å². The van der Waals surface area contributed by atoms with Crippen molar-refractivity contribution in [2.75, 3.05) is 6.54 Å². The van der Waals surface area contributed by atoms with Gasteiger partial charge in [0.2, 0.25) is 5.91 Å². The molecule has 82 valence electrons. The molecule has 1 amide bonds. The van der Waals surface area contributed by atoms with Crippen LogP contribution >= 0.6 is 0 Å². The Labute approximate surface area is 96.4 Å². The highest BCUT2D eigenvalue weighted by atomic mass is 16.1. The maximum absolute atomic E-state index is 11.2. The van der Waals surface area contributed by atoms with Gasteiger partial charge in [-0.2, -0.15) is 0 Å². The van der Waals surface area contributed by atoms with Crippen LogP contribution in [0.25, 0.3) is 0 Å². The number of rotatable bonds is 4. The first-order valence-electron chi connectivity index (χ1n) is 5.24. The predicted molar refractivity (Wildman–Crippen MR) is 65.8 cm³/mol. The Bertz CT molecular complexity index is 398.